The monoisotopic (exact) mass is 520 g/mol. The molecule has 0 radical (unpaired) electrons. The Kier molecular flexibility index (Phi) is 8.13. The average molecular weight is 521 g/mol. The summed E-state index contributed by atoms with van der Waals surface area (Å²) in [5.74, 6) is 1.75. The third kappa shape index (κ3) is 6.09. The highest BCUT2D eigenvalue weighted by Gasteiger charge is 2.39. The second kappa shape index (κ2) is 11.0. The van der Waals surface area contributed by atoms with Gasteiger partial charge in [0.1, 0.15) is 5.75 Å². The summed E-state index contributed by atoms with van der Waals surface area (Å²) in [7, 11) is -1.96. The maximum absolute atomic E-state index is 6.74. The maximum atomic E-state index is 6.74. The van der Waals surface area contributed by atoms with Crippen molar-refractivity contribution in [2.45, 2.75) is 70.9 Å². The molecule has 2 heterocycles. The van der Waals surface area contributed by atoms with Crippen LogP contribution in [0.3, 0.4) is 0 Å². The number of benzene rings is 2. The van der Waals surface area contributed by atoms with Crippen LogP contribution in [-0.2, 0) is 0 Å². The van der Waals surface area contributed by atoms with Gasteiger partial charge in [-0.15, -0.1) is 17.2 Å². The van der Waals surface area contributed by atoms with Gasteiger partial charge in [-0.25, -0.2) is 5.53 Å². The third-order valence-corrected chi connectivity index (χ3v) is 12.5. The van der Waals surface area contributed by atoms with Gasteiger partial charge >= 0.3 is 0 Å². The van der Waals surface area contributed by atoms with Gasteiger partial charge in [-0.1, -0.05) is 57.2 Å². The van der Waals surface area contributed by atoms with Crippen LogP contribution in [0.15, 0.2) is 66.3 Å². The minimum atomic E-state index is -1.96. The van der Waals surface area contributed by atoms with E-state index < -0.39 is 8.32 Å². The minimum Gasteiger partial charge on any atom is -0.543 e. The smallest absolute Gasteiger partial charge is 0.250 e. The first kappa shape index (κ1) is 27.4. The SMILES string of the molecule is C=CCN1C[C@H](C)N([C@@H](c2cccc(O[Si](C)(C)C(C)(C)C)c2)c2cccc(C3=NNNN3)c2)C[C@H]1C. The fourth-order valence-electron chi connectivity index (χ4n) is 4.97. The Balaban J connectivity index is 1.74. The number of hydrazine groups is 2. The summed E-state index contributed by atoms with van der Waals surface area (Å²) in [5.41, 5.74) is 12.2. The Morgan fingerprint density at radius 2 is 1.78 bits per heavy atom. The van der Waals surface area contributed by atoms with E-state index in [2.05, 4.69) is 134 Å². The number of nitrogens with zero attached hydrogens (tertiary/aromatic N) is 3. The van der Waals surface area contributed by atoms with Crippen molar-refractivity contribution in [2.24, 2.45) is 5.10 Å². The molecule has 0 aliphatic carbocycles. The molecule has 0 unspecified atom stereocenters. The van der Waals surface area contributed by atoms with Crippen molar-refractivity contribution in [3.63, 3.8) is 0 Å². The first-order valence-electron chi connectivity index (χ1n) is 13.3. The van der Waals surface area contributed by atoms with Crippen molar-refractivity contribution < 1.29 is 4.43 Å². The summed E-state index contributed by atoms with van der Waals surface area (Å²) in [6.45, 7) is 23.0. The zero-order valence-electron chi connectivity index (χ0n) is 23.5. The molecule has 1 saturated heterocycles. The summed E-state index contributed by atoms with van der Waals surface area (Å²) in [4.78, 5) is 5.17. The Labute approximate surface area is 224 Å². The molecular formula is C29H44N6OSi. The van der Waals surface area contributed by atoms with Crippen LogP contribution in [0.2, 0.25) is 18.1 Å². The molecule has 3 atom stereocenters. The second-order valence-electron chi connectivity index (χ2n) is 11.9. The standard InChI is InChI=1S/C29H44N6OSi/c1-9-16-34-19-22(3)35(20-21(34)2)27(23-12-10-14-25(17-23)28-30-32-33-31-28)24-13-11-15-26(18-24)36-37(7,8)29(4,5)6/h9-15,17-18,21-22,27,32-33H,1,16,19-20H2,2-8H3,(H,30,31)/t21-,22+,27-/m1/s1. The van der Waals surface area contributed by atoms with Gasteiger partial charge in [0.25, 0.3) is 0 Å². The van der Waals surface area contributed by atoms with E-state index in [-0.39, 0.29) is 11.1 Å². The van der Waals surface area contributed by atoms with Gasteiger partial charge < -0.3 is 4.43 Å². The number of rotatable bonds is 8. The quantitative estimate of drug-likeness (QED) is 0.336. The lowest BCUT2D eigenvalue weighted by Crippen LogP contribution is -2.57. The normalized spacial score (nSPS) is 22.1. The molecular weight excluding hydrogens is 476 g/mol. The molecule has 200 valence electrons. The van der Waals surface area contributed by atoms with Gasteiger partial charge in [0.05, 0.1) is 6.04 Å². The van der Waals surface area contributed by atoms with E-state index in [4.69, 9.17) is 4.43 Å². The summed E-state index contributed by atoms with van der Waals surface area (Å²) < 4.78 is 6.74. The first-order valence-corrected chi connectivity index (χ1v) is 16.2. The fraction of sp³-hybridized carbons (Fsp3) is 0.483. The molecule has 0 aromatic heterocycles. The molecule has 1 fully saturated rings. The van der Waals surface area contributed by atoms with Crippen LogP contribution in [0, 0.1) is 0 Å². The van der Waals surface area contributed by atoms with Gasteiger partial charge in [-0.2, -0.15) is 0 Å². The van der Waals surface area contributed by atoms with E-state index in [1.54, 1.807) is 0 Å². The molecule has 2 aromatic rings. The Morgan fingerprint density at radius 3 is 2.43 bits per heavy atom. The van der Waals surface area contributed by atoms with Crippen LogP contribution in [-0.4, -0.2) is 55.7 Å². The largest absolute Gasteiger partial charge is 0.543 e. The number of hydrazone groups is 1. The van der Waals surface area contributed by atoms with Crippen LogP contribution in [0.4, 0.5) is 0 Å². The molecule has 2 aliphatic heterocycles. The molecule has 2 aromatic carbocycles. The minimum absolute atomic E-state index is 0.0918. The molecule has 0 bridgehead atoms. The zero-order chi connectivity index (χ0) is 26.8. The molecule has 0 spiro atoms. The van der Waals surface area contributed by atoms with Crippen LogP contribution in [0.5, 0.6) is 5.75 Å². The van der Waals surface area contributed by atoms with E-state index >= 15 is 0 Å². The molecule has 3 N–H and O–H groups in total. The number of amidine groups is 1. The third-order valence-electron chi connectivity index (χ3n) is 8.09. The summed E-state index contributed by atoms with van der Waals surface area (Å²) >= 11 is 0. The van der Waals surface area contributed by atoms with Gasteiger partial charge in [-0.05, 0) is 61.3 Å². The Hall–Kier alpha value is -2.65. The second-order valence-corrected chi connectivity index (χ2v) is 16.6. The summed E-state index contributed by atoms with van der Waals surface area (Å²) in [6, 6.07) is 18.4. The van der Waals surface area contributed by atoms with Crippen molar-refractivity contribution >= 4 is 14.2 Å². The van der Waals surface area contributed by atoms with Crippen molar-refractivity contribution in [1.29, 1.82) is 0 Å². The van der Waals surface area contributed by atoms with E-state index in [0.717, 1.165) is 36.8 Å². The maximum Gasteiger partial charge on any atom is 0.250 e. The lowest BCUT2D eigenvalue weighted by atomic mass is 9.92. The van der Waals surface area contributed by atoms with Crippen molar-refractivity contribution in [1.82, 2.24) is 26.3 Å². The van der Waals surface area contributed by atoms with Crippen LogP contribution in [0.1, 0.15) is 57.4 Å². The molecule has 0 saturated carbocycles. The van der Waals surface area contributed by atoms with E-state index in [1.807, 2.05) is 6.08 Å². The Bertz CT molecular complexity index is 1130. The number of hydrogen-bond donors (Lipinski definition) is 3. The van der Waals surface area contributed by atoms with Crippen LogP contribution in [0.25, 0.3) is 0 Å². The highest BCUT2D eigenvalue weighted by atomic mass is 28.4. The van der Waals surface area contributed by atoms with Crippen molar-refractivity contribution in [3.8, 4) is 5.75 Å². The lowest BCUT2D eigenvalue weighted by Gasteiger charge is -2.47. The number of piperazine rings is 1. The molecule has 0 amide bonds. The predicted octanol–water partition coefficient (Wildman–Crippen LogP) is 5.01. The predicted molar refractivity (Wildman–Crippen MR) is 156 cm³/mol. The highest BCUT2D eigenvalue weighted by Crippen LogP contribution is 2.39. The van der Waals surface area contributed by atoms with Crippen molar-refractivity contribution in [3.05, 3.63) is 77.9 Å². The summed E-state index contributed by atoms with van der Waals surface area (Å²) in [6.07, 6.45) is 2.01. The van der Waals surface area contributed by atoms with Gasteiger partial charge in [0.2, 0.25) is 8.32 Å². The topological polar surface area (TPSA) is 64.2 Å². The van der Waals surface area contributed by atoms with Gasteiger partial charge in [0, 0.05) is 37.3 Å². The number of nitrogens with one attached hydrogen (secondary N) is 3. The van der Waals surface area contributed by atoms with Crippen LogP contribution < -0.4 is 20.9 Å². The molecule has 2 aliphatic rings. The van der Waals surface area contributed by atoms with E-state index in [1.165, 1.54) is 11.1 Å². The van der Waals surface area contributed by atoms with E-state index in [9.17, 15) is 0 Å². The molecule has 37 heavy (non-hydrogen) atoms. The van der Waals surface area contributed by atoms with Crippen molar-refractivity contribution in [2.75, 3.05) is 19.6 Å². The van der Waals surface area contributed by atoms with Gasteiger partial charge in [-0.3, -0.25) is 15.2 Å². The van der Waals surface area contributed by atoms with Gasteiger partial charge in [0.15, 0.2) is 5.84 Å². The van der Waals surface area contributed by atoms with E-state index in [0.29, 0.717) is 12.1 Å². The first-order chi connectivity index (χ1) is 17.5. The molecule has 7 nitrogen and oxygen atoms in total. The Morgan fingerprint density at radius 1 is 1.08 bits per heavy atom. The highest BCUT2D eigenvalue weighted by molar-refractivity contribution is 6.74. The summed E-state index contributed by atoms with van der Waals surface area (Å²) in [5, 5.41) is 4.46. The number of hydrogen-bond acceptors (Lipinski definition) is 7. The molecule has 8 heteroatoms. The lowest BCUT2D eigenvalue weighted by molar-refractivity contribution is 0.0306. The average Bonchev–Trinajstić information content (AvgIpc) is 3.37. The zero-order valence-corrected chi connectivity index (χ0v) is 24.5. The molecule has 4 rings (SSSR count). The fourth-order valence-corrected chi connectivity index (χ4v) is 5.99. The van der Waals surface area contributed by atoms with Crippen LogP contribution >= 0.6 is 0 Å².